The molecule has 7 heteroatoms. The average molecular weight is 391 g/mol. The molecule has 0 bridgehead atoms. The van der Waals surface area contributed by atoms with E-state index in [9.17, 15) is 0 Å². The lowest BCUT2D eigenvalue weighted by molar-refractivity contribution is -0.0443. The molecule has 0 saturated carbocycles. The van der Waals surface area contributed by atoms with Crippen LogP contribution in [0, 0.1) is 0 Å². The van der Waals surface area contributed by atoms with Gasteiger partial charge in [0.05, 0.1) is 34.0 Å². The molecule has 1 aliphatic heterocycles. The fraction of sp³-hybridized carbons (Fsp3) is 0.143. The molecule has 1 aliphatic rings. The highest BCUT2D eigenvalue weighted by molar-refractivity contribution is 7.22. The minimum Gasteiger partial charge on any atom is -0.456 e. The summed E-state index contributed by atoms with van der Waals surface area (Å²) in [6, 6.07) is 15.2. The van der Waals surface area contributed by atoms with E-state index in [-0.39, 0.29) is 6.29 Å². The molecule has 4 aromatic rings. The van der Waals surface area contributed by atoms with Crippen LogP contribution in [0.25, 0.3) is 20.8 Å². The van der Waals surface area contributed by atoms with Gasteiger partial charge in [-0.15, -0.1) is 11.3 Å². The molecule has 5 rings (SSSR count). The molecule has 1 saturated heterocycles. The van der Waals surface area contributed by atoms with E-state index in [1.54, 1.807) is 23.7 Å². The van der Waals surface area contributed by atoms with Gasteiger partial charge in [0.2, 0.25) is 0 Å². The Balaban J connectivity index is 1.45. The second-order valence-electron chi connectivity index (χ2n) is 6.36. The lowest BCUT2D eigenvalue weighted by atomic mass is 10.2. The third-order valence-corrected chi connectivity index (χ3v) is 5.58. The Morgan fingerprint density at radius 3 is 2.57 bits per heavy atom. The van der Waals surface area contributed by atoms with Crippen LogP contribution in [-0.2, 0) is 9.47 Å². The summed E-state index contributed by atoms with van der Waals surface area (Å²) >= 11 is 1.60. The van der Waals surface area contributed by atoms with Gasteiger partial charge in [-0.2, -0.15) is 0 Å². The summed E-state index contributed by atoms with van der Waals surface area (Å²) in [5.74, 6) is 1.49. The van der Waals surface area contributed by atoms with Crippen molar-refractivity contribution in [2.45, 2.75) is 6.29 Å². The van der Waals surface area contributed by atoms with Crippen molar-refractivity contribution in [1.29, 1.82) is 0 Å². The van der Waals surface area contributed by atoms with Crippen molar-refractivity contribution < 1.29 is 14.2 Å². The highest BCUT2D eigenvalue weighted by Gasteiger charge is 2.19. The minimum absolute atomic E-state index is 0.314. The first-order chi connectivity index (χ1) is 13.8. The van der Waals surface area contributed by atoms with Gasteiger partial charge in [-0.3, -0.25) is 9.97 Å². The molecule has 1 fully saturated rings. The predicted molar refractivity (Wildman–Crippen MR) is 108 cm³/mol. The summed E-state index contributed by atoms with van der Waals surface area (Å²) in [5.41, 5.74) is 9.12. The molecule has 140 valence electrons. The van der Waals surface area contributed by atoms with Gasteiger partial charge in [-0.1, -0.05) is 6.07 Å². The number of rotatable bonds is 4. The quantitative estimate of drug-likeness (QED) is 0.505. The molecule has 0 radical (unpaired) electrons. The van der Waals surface area contributed by atoms with Gasteiger partial charge < -0.3 is 19.9 Å². The number of hydrogen-bond acceptors (Lipinski definition) is 7. The fourth-order valence-corrected chi connectivity index (χ4v) is 4.07. The Bertz CT molecular complexity index is 1100. The molecule has 28 heavy (non-hydrogen) atoms. The Morgan fingerprint density at radius 2 is 1.82 bits per heavy atom. The number of ether oxygens (including phenoxy) is 3. The van der Waals surface area contributed by atoms with E-state index >= 15 is 0 Å². The van der Waals surface area contributed by atoms with Crippen molar-refractivity contribution in [2.75, 3.05) is 18.9 Å². The third kappa shape index (κ3) is 3.31. The lowest BCUT2D eigenvalue weighted by Crippen LogP contribution is -1.98. The van der Waals surface area contributed by atoms with Gasteiger partial charge >= 0.3 is 0 Å². The number of nitrogen functional groups attached to an aromatic ring is 1. The summed E-state index contributed by atoms with van der Waals surface area (Å²) < 4.78 is 18.1. The maximum Gasteiger partial charge on any atom is 0.185 e. The summed E-state index contributed by atoms with van der Waals surface area (Å²) in [5, 5.41) is 0. The van der Waals surface area contributed by atoms with Gasteiger partial charge in [-0.25, -0.2) is 0 Å². The second kappa shape index (κ2) is 7.20. The van der Waals surface area contributed by atoms with Crippen molar-refractivity contribution in [3.63, 3.8) is 0 Å². The summed E-state index contributed by atoms with van der Waals surface area (Å²) in [6.45, 7) is 1.23. The number of thiophene rings is 1. The van der Waals surface area contributed by atoms with E-state index in [1.165, 1.54) is 0 Å². The highest BCUT2D eigenvalue weighted by atomic mass is 32.1. The van der Waals surface area contributed by atoms with Gasteiger partial charge in [0.1, 0.15) is 11.5 Å². The van der Waals surface area contributed by atoms with Crippen molar-refractivity contribution in [2.24, 2.45) is 0 Å². The molecular weight excluding hydrogens is 374 g/mol. The molecule has 2 N–H and O–H groups in total. The summed E-state index contributed by atoms with van der Waals surface area (Å²) in [7, 11) is 0. The zero-order valence-corrected chi connectivity index (χ0v) is 15.7. The average Bonchev–Trinajstić information content (AvgIpc) is 3.40. The van der Waals surface area contributed by atoms with Crippen molar-refractivity contribution in [3.8, 4) is 22.1 Å². The normalized spacial score (nSPS) is 14.6. The largest absolute Gasteiger partial charge is 0.456 e. The number of pyridine rings is 2. The molecule has 3 aromatic heterocycles. The Morgan fingerprint density at radius 1 is 1.00 bits per heavy atom. The van der Waals surface area contributed by atoms with Crippen LogP contribution in [0.15, 0.2) is 60.9 Å². The maximum atomic E-state index is 6.04. The number of nitrogens with two attached hydrogens (primary N) is 1. The smallest absolute Gasteiger partial charge is 0.185 e. The highest BCUT2D eigenvalue weighted by Crippen LogP contribution is 2.39. The van der Waals surface area contributed by atoms with Crippen LogP contribution in [-0.4, -0.2) is 23.2 Å². The second-order valence-corrected chi connectivity index (χ2v) is 7.41. The van der Waals surface area contributed by atoms with E-state index < -0.39 is 0 Å². The van der Waals surface area contributed by atoms with Crippen LogP contribution >= 0.6 is 11.3 Å². The van der Waals surface area contributed by atoms with E-state index in [0.717, 1.165) is 37.9 Å². The molecule has 0 atom stereocenters. The first-order valence-electron chi connectivity index (χ1n) is 8.88. The van der Waals surface area contributed by atoms with Crippen LogP contribution in [0.3, 0.4) is 0 Å². The van der Waals surface area contributed by atoms with Crippen LogP contribution in [0.5, 0.6) is 11.5 Å². The van der Waals surface area contributed by atoms with Crippen LogP contribution < -0.4 is 10.5 Å². The van der Waals surface area contributed by atoms with Gasteiger partial charge in [0, 0.05) is 29.7 Å². The SMILES string of the molecule is Nc1ccc(Oc2ccnc3cc(-c4ccc(C5OCCO5)cn4)sc23)cc1. The van der Waals surface area contributed by atoms with Crippen molar-refractivity contribution >= 4 is 27.2 Å². The summed E-state index contributed by atoms with van der Waals surface area (Å²) in [4.78, 5) is 10.1. The number of hydrogen-bond donors (Lipinski definition) is 1. The summed E-state index contributed by atoms with van der Waals surface area (Å²) in [6.07, 6.45) is 3.23. The number of benzene rings is 1. The topological polar surface area (TPSA) is 79.5 Å². The number of aromatic nitrogens is 2. The maximum absolute atomic E-state index is 6.04. The van der Waals surface area contributed by atoms with Gasteiger partial charge in [-0.05, 0) is 36.4 Å². The van der Waals surface area contributed by atoms with E-state index in [0.29, 0.717) is 18.9 Å². The minimum atomic E-state index is -0.314. The lowest BCUT2D eigenvalue weighted by Gasteiger charge is -2.08. The molecule has 0 aliphatic carbocycles. The zero-order valence-electron chi connectivity index (χ0n) is 14.9. The van der Waals surface area contributed by atoms with Crippen molar-refractivity contribution in [1.82, 2.24) is 9.97 Å². The molecule has 1 aromatic carbocycles. The van der Waals surface area contributed by atoms with Gasteiger partial charge in [0.15, 0.2) is 6.29 Å². The first kappa shape index (κ1) is 17.1. The predicted octanol–water partition coefficient (Wildman–Crippen LogP) is 4.78. The van der Waals surface area contributed by atoms with Gasteiger partial charge in [0.25, 0.3) is 0 Å². The van der Waals surface area contributed by atoms with Crippen LogP contribution in [0.1, 0.15) is 11.9 Å². The van der Waals surface area contributed by atoms with E-state index in [2.05, 4.69) is 9.97 Å². The molecule has 0 unspecified atom stereocenters. The first-order valence-corrected chi connectivity index (χ1v) is 9.69. The van der Waals surface area contributed by atoms with Crippen LogP contribution in [0.4, 0.5) is 5.69 Å². The number of nitrogens with zero attached hydrogens (tertiary/aromatic N) is 2. The molecular formula is C21H17N3O3S. The molecule has 0 amide bonds. The van der Waals surface area contributed by atoms with E-state index in [1.807, 2.05) is 48.5 Å². The van der Waals surface area contributed by atoms with Crippen LogP contribution in [0.2, 0.25) is 0 Å². The van der Waals surface area contributed by atoms with E-state index in [4.69, 9.17) is 19.9 Å². The molecule has 4 heterocycles. The molecule has 6 nitrogen and oxygen atoms in total. The fourth-order valence-electron chi connectivity index (χ4n) is 3.03. The Hall–Kier alpha value is -3.00. The Labute approximate surface area is 165 Å². The molecule has 0 spiro atoms. The third-order valence-electron chi connectivity index (χ3n) is 4.42. The van der Waals surface area contributed by atoms with Crippen molar-refractivity contribution in [3.05, 3.63) is 66.5 Å². The monoisotopic (exact) mass is 391 g/mol. The standard InChI is InChI=1S/C21H17N3O3S/c22-14-2-4-15(5-3-14)27-18-7-8-23-17-11-19(28-20(17)18)16-6-1-13(12-24-16)21-25-9-10-26-21/h1-8,11-12,21H,9-10,22H2. The number of fused-ring (bicyclic) bond motifs is 1. The zero-order chi connectivity index (χ0) is 18.9. The Kier molecular flexibility index (Phi) is 4.40. The number of anilines is 1.